The van der Waals surface area contributed by atoms with Crippen LogP contribution in [0.4, 0.5) is 0 Å². The molecule has 0 aliphatic rings. The van der Waals surface area contributed by atoms with Gasteiger partial charge in [0.05, 0.1) is 5.52 Å². The molecule has 32 heavy (non-hydrogen) atoms. The zero-order chi connectivity index (χ0) is 22.9. The van der Waals surface area contributed by atoms with Gasteiger partial charge in [0, 0.05) is 29.7 Å². The third-order valence-corrected chi connectivity index (χ3v) is 6.06. The second-order valence-electron chi connectivity index (χ2n) is 7.95. The molecule has 6 heteroatoms. The maximum Gasteiger partial charge on any atom is 0.256 e. The minimum absolute atomic E-state index is 0.183. The number of amides is 1. The second-order valence-corrected chi connectivity index (χ2v) is 8.39. The second kappa shape index (κ2) is 11.8. The number of pyridine rings is 1. The highest BCUT2D eigenvalue weighted by Gasteiger charge is 2.15. The Bertz CT molecular complexity index is 1090. The first-order valence-electron chi connectivity index (χ1n) is 11.4. The molecule has 0 radical (unpaired) electrons. The highest BCUT2D eigenvalue weighted by molar-refractivity contribution is 6.31. The summed E-state index contributed by atoms with van der Waals surface area (Å²) >= 11 is 6.21. The summed E-state index contributed by atoms with van der Waals surface area (Å²) in [5.74, 6) is -0.316. The Kier molecular flexibility index (Phi) is 8.89. The van der Waals surface area contributed by atoms with Gasteiger partial charge >= 0.3 is 0 Å². The molecule has 0 aliphatic carbocycles. The molecular formula is C26H32ClN3O2. The van der Waals surface area contributed by atoms with Crippen LogP contribution >= 0.6 is 11.6 Å². The molecule has 1 aromatic heterocycles. The smallest absolute Gasteiger partial charge is 0.256 e. The van der Waals surface area contributed by atoms with Gasteiger partial charge in [-0.3, -0.25) is 9.59 Å². The van der Waals surface area contributed by atoms with Crippen molar-refractivity contribution in [3.05, 3.63) is 81.1 Å². The summed E-state index contributed by atoms with van der Waals surface area (Å²) in [6.45, 7) is 8.40. The monoisotopic (exact) mass is 453 g/mol. The van der Waals surface area contributed by atoms with Crippen molar-refractivity contribution < 1.29 is 4.79 Å². The summed E-state index contributed by atoms with van der Waals surface area (Å²) in [7, 11) is 0. The van der Waals surface area contributed by atoms with E-state index in [1.54, 1.807) is 24.4 Å². The lowest BCUT2D eigenvalue weighted by molar-refractivity contribution is 0.0950. The highest BCUT2D eigenvalue weighted by atomic mass is 35.5. The van der Waals surface area contributed by atoms with Crippen LogP contribution in [0.15, 0.2) is 59.5 Å². The molecule has 170 valence electrons. The molecule has 5 nitrogen and oxygen atoms in total. The van der Waals surface area contributed by atoms with E-state index in [4.69, 9.17) is 11.6 Å². The van der Waals surface area contributed by atoms with Gasteiger partial charge in [-0.15, -0.1) is 0 Å². The Balaban J connectivity index is 1.77. The molecule has 1 heterocycles. The fourth-order valence-electron chi connectivity index (χ4n) is 3.95. The molecule has 0 bridgehead atoms. The van der Waals surface area contributed by atoms with Crippen LogP contribution in [-0.2, 0) is 13.0 Å². The minimum Gasteiger partial charge on any atom is -0.352 e. The molecule has 2 aromatic carbocycles. The van der Waals surface area contributed by atoms with Gasteiger partial charge in [-0.25, -0.2) is 0 Å². The molecular weight excluding hydrogens is 422 g/mol. The molecule has 1 amide bonds. The molecule has 0 atom stereocenters. The van der Waals surface area contributed by atoms with Gasteiger partial charge in [0.1, 0.15) is 5.56 Å². The third-order valence-electron chi connectivity index (χ3n) is 5.83. The summed E-state index contributed by atoms with van der Waals surface area (Å²) in [6, 6.07) is 15.5. The topological polar surface area (TPSA) is 54.3 Å². The van der Waals surface area contributed by atoms with E-state index in [2.05, 4.69) is 36.2 Å². The SMILES string of the molecule is CCN(CC)CCCNC(=O)c1cn(CCCc2ccccc2)c2cc(Cl)ccc2c1=O. The molecule has 0 saturated carbocycles. The van der Waals surface area contributed by atoms with Gasteiger partial charge in [0.2, 0.25) is 5.43 Å². The van der Waals surface area contributed by atoms with Crippen LogP contribution in [0, 0.1) is 0 Å². The standard InChI is InChI=1S/C26H32ClN3O2/c1-3-29(4-2)16-9-15-28-26(32)23-19-30(17-8-12-20-10-6-5-7-11-20)24-18-21(27)13-14-22(24)25(23)31/h5-7,10-11,13-14,18-19H,3-4,8-9,12,15-17H2,1-2H3,(H,28,32). The third kappa shape index (κ3) is 6.21. The molecule has 1 N–H and O–H groups in total. The maximum absolute atomic E-state index is 13.0. The minimum atomic E-state index is -0.316. The van der Waals surface area contributed by atoms with Crippen molar-refractivity contribution in [1.29, 1.82) is 0 Å². The van der Waals surface area contributed by atoms with Gasteiger partial charge < -0.3 is 14.8 Å². The lowest BCUT2D eigenvalue weighted by Gasteiger charge is -2.18. The van der Waals surface area contributed by atoms with Crippen molar-refractivity contribution in [2.24, 2.45) is 0 Å². The van der Waals surface area contributed by atoms with Crippen LogP contribution in [0.5, 0.6) is 0 Å². The van der Waals surface area contributed by atoms with Crippen molar-refractivity contribution in [3.8, 4) is 0 Å². The summed E-state index contributed by atoms with van der Waals surface area (Å²) in [5.41, 5.74) is 1.95. The van der Waals surface area contributed by atoms with E-state index < -0.39 is 0 Å². The summed E-state index contributed by atoms with van der Waals surface area (Å²) in [5, 5.41) is 4.01. The number of fused-ring (bicyclic) bond motifs is 1. The number of rotatable bonds is 11. The van der Waals surface area contributed by atoms with Gasteiger partial charge in [-0.1, -0.05) is 55.8 Å². The van der Waals surface area contributed by atoms with E-state index in [-0.39, 0.29) is 16.9 Å². The summed E-state index contributed by atoms with van der Waals surface area (Å²) in [6.07, 6.45) is 4.34. The van der Waals surface area contributed by atoms with Crippen LogP contribution in [0.1, 0.15) is 42.6 Å². The number of nitrogens with one attached hydrogen (secondary N) is 1. The number of benzene rings is 2. The largest absolute Gasteiger partial charge is 0.352 e. The van der Waals surface area contributed by atoms with E-state index in [9.17, 15) is 9.59 Å². The number of hydrogen-bond donors (Lipinski definition) is 1. The van der Waals surface area contributed by atoms with E-state index in [0.717, 1.165) is 44.4 Å². The summed E-state index contributed by atoms with van der Waals surface area (Å²) in [4.78, 5) is 28.2. The number of carbonyl (C=O) groups is 1. The maximum atomic E-state index is 13.0. The first-order valence-corrected chi connectivity index (χ1v) is 11.8. The fourth-order valence-corrected chi connectivity index (χ4v) is 4.11. The molecule has 3 rings (SSSR count). The number of aryl methyl sites for hydroxylation is 2. The van der Waals surface area contributed by atoms with Crippen molar-refractivity contribution in [2.45, 2.75) is 39.7 Å². The first kappa shape index (κ1) is 24.0. The van der Waals surface area contributed by atoms with Crippen molar-refractivity contribution in [3.63, 3.8) is 0 Å². The van der Waals surface area contributed by atoms with E-state index in [1.165, 1.54) is 5.56 Å². The number of halogens is 1. The average Bonchev–Trinajstić information content (AvgIpc) is 2.81. The molecule has 0 unspecified atom stereocenters. The Labute approximate surface area is 195 Å². The Morgan fingerprint density at radius 3 is 2.53 bits per heavy atom. The normalized spacial score (nSPS) is 11.2. The average molecular weight is 454 g/mol. The van der Waals surface area contributed by atoms with Gasteiger partial charge in [0.25, 0.3) is 5.91 Å². The lowest BCUT2D eigenvalue weighted by Crippen LogP contribution is -2.33. The Morgan fingerprint density at radius 1 is 1.06 bits per heavy atom. The summed E-state index contributed by atoms with van der Waals surface area (Å²) < 4.78 is 1.98. The molecule has 0 fully saturated rings. The van der Waals surface area contributed by atoms with E-state index >= 15 is 0 Å². The lowest BCUT2D eigenvalue weighted by atomic mass is 10.1. The number of aromatic nitrogens is 1. The molecule has 3 aromatic rings. The van der Waals surface area contributed by atoms with E-state index in [1.807, 2.05) is 22.8 Å². The van der Waals surface area contributed by atoms with E-state index in [0.29, 0.717) is 23.5 Å². The molecule has 0 saturated heterocycles. The quantitative estimate of drug-likeness (QED) is 0.426. The fraction of sp³-hybridized carbons (Fsp3) is 0.385. The predicted molar refractivity (Wildman–Crippen MR) is 133 cm³/mol. The van der Waals surface area contributed by atoms with Crippen LogP contribution < -0.4 is 10.7 Å². The first-order chi connectivity index (χ1) is 15.5. The van der Waals surface area contributed by atoms with Crippen LogP contribution in [0.3, 0.4) is 0 Å². The number of hydrogen-bond acceptors (Lipinski definition) is 3. The van der Waals surface area contributed by atoms with Gasteiger partial charge in [0.15, 0.2) is 0 Å². The van der Waals surface area contributed by atoms with Crippen molar-refractivity contribution >= 4 is 28.4 Å². The van der Waals surface area contributed by atoms with Gasteiger partial charge in [-0.05, 0) is 62.7 Å². The predicted octanol–water partition coefficient (Wildman–Crippen LogP) is 4.75. The van der Waals surface area contributed by atoms with Gasteiger partial charge in [-0.2, -0.15) is 0 Å². The number of nitrogens with zero attached hydrogens (tertiary/aromatic N) is 2. The Hall–Kier alpha value is -2.63. The van der Waals surface area contributed by atoms with Crippen LogP contribution in [-0.4, -0.2) is 41.6 Å². The highest BCUT2D eigenvalue weighted by Crippen LogP contribution is 2.19. The molecule has 0 aliphatic heterocycles. The van der Waals surface area contributed by atoms with Crippen molar-refractivity contribution in [1.82, 2.24) is 14.8 Å². The van der Waals surface area contributed by atoms with Crippen LogP contribution in [0.25, 0.3) is 10.9 Å². The van der Waals surface area contributed by atoms with Crippen LogP contribution in [0.2, 0.25) is 5.02 Å². The number of carbonyl (C=O) groups excluding carboxylic acids is 1. The zero-order valence-electron chi connectivity index (χ0n) is 18.9. The molecule has 0 spiro atoms. The Morgan fingerprint density at radius 2 is 1.81 bits per heavy atom. The van der Waals surface area contributed by atoms with Crippen molar-refractivity contribution in [2.75, 3.05) is 26.2 Å². The zero-order valence-corrected chi connectivity index (χ0v) is 19.7.